The predicted molar refractivity (Wildman–Crippen MR) is 90.1 cm³/mol. The number of hydrogen-bond acceptors (Lipinski definition) is 3. The maximum Gasteiger partial charge on any atom is 0.0913 e. The Hall–Kier alpha value is -0.970. The summed E-state index contributed by atoms with van der Waals surface area (Å²) in [5.74, 6) is 0.899. The van der Waals surface area contributed by atoms with Crippen molar-refractivity contribution in [2.45, 2.75) is 34.6 Å². The Balaban J connectivity index is 1.81. The molecule has 0 aliphatic heterocycles. The molecule has 0 bridgehead atoms. The zero-order chi connectivity index (χ0) is 14.7. The van der Waals surface area contributed by atoms with Gasteiger partial charge in [0.2, 0.25) is 0 Å². The molecule has 1 aliphatic carbocycles. The molecule has 0 amide bonds. The molecule has 112 valence electrons. The molecule has 1 saturated carbocycles. The Morgan fingerprint density at radius 3 is 2.62 bits per heavy atom. The maximum absolute atomic E-state index is 12.9. The predicted octanol–water partition coefficient (Wildman–Crippen LogP) is 3.77. The lowest BCUT2D eigenvalue weighted by Gasteiger charge is -2.35. The van der Waals surface area contributed by atoms with E-state index in [0.717, 1.165) is 23.5 Å². The van der Waals surface area contributed by atoms with Gasteiger partial charge in [-0.25, -0.2) is 0 Å². The van der Waals surface area contributed by atoms with Crippen LogP contribution in [0.15, 0.2) is 52.1 Å². The van der Waals surface area contributed by atoms with E-state index in [1.165, 1.54) is 5.56 Å². The van der Waals surface area contributed by atoms with Crippen LogP contribution in [0.3, 0.4) is 0 Å². The minimum atomic E-state index is -0.925. The van der Waals surface area contributed by atoms with E-state index in [1.54, 1.807) is 11.3 Å². The van der Waals surface area contributed by atoms with Crippen molar-refractivity contribution in [1.29, 1.82) is 0 Å². The van der Waals surface area contributed by atoms with Gasteiger partial charge in [0.1, 0.15) is 0 Å². The molecule has 3 rings (SSSR count). The maximum atomic E-state index is 12.9. The second-order valence-electron chi connectivity index (χ2n) is 5.68. The fourth-order valence-corrected chi connectivity index (χ4v) is 6.16. The van der Waals surface area contributed by atoms with Crippen LogP contribution < -0.4 is 5.73 Å². The van der Waals surface area contributed by atoms with Gasteiger partial charge in [0, 0.05) is 5.25 Å². The van der Waals surface area contributed by atoms with E-state index in [1.807, 2.05) is 17.5 Å². The van der Waals surface area contributed by atoms with Crippen LogP contribution >= 0.6 is 11.3 Å². The van der Waals surface area contributed by atoms with E-state index in [-0.39, 0.29) is 5.25 Å². The molecule has 1 aromatic carbocycles. The van der Waals surface area contributed by atoms with Crippen molar-refractivity contribution in [2.24, 2.45) is 11.7 Å². The lowest BCUT2D eigenvalue weighted by atomic mass is 9.78. The molecule has 1 heterocycles. The minimum absolute atomic E-state index is 0.188. The first kappa shape index (κ1) is 14.9. The van der Waals surface area contributed by atoms with Crippen LogP contribution in [0.25, 0.3) is 0 Å². The van der Waals surface area contributed by atoms with Crippen LogP contribution in [0, 0.1) is 5.92 Å². The molecule has 1 fully saturated rings. The van der Waals surface area contributed by atoms with E-state index in [9.17, 15) is 4.21 Å². The molecular formula is C17H21NOS2. The Morgan fingerprint density at radius 2 is 1.95 bits per heavy atom. The Labute approximate surface area is 132 Å². The molecule has 1 aliphatic rings. The molecule has 21 heavy (non-hydrogen) atoms. The van der Waals surface area contributed by atoms with Gasteiger partial charge >= 0.3 is 0 Å². The zero-order valence-corrected chi connectivity index (χ0v) is 13.6. The third kappa shape index (κ3) is 3.28. The van der Waals surface area contributed by atoms with Crippen LogP contribution in [0.1, 0.15) is 30.7 Å². The van der Waals surface area contributed by atoms with Crippen LogP contribution in [0.4, 0.5) is 0 Å². The Morgan fingerprint density at radius 1 is 1.14 bits per heavy atom. The van der Waals surface area contributed by atoms with Gasteiger partial charge in [-0.15, -0.1) is 11.3 Å². The van der Waals surface area contributed by atoms with Gasteiger partial charge < -0.3 is 5.73 Å². The van der Waals surface area contributed by atoms with Crippen molar-refractivity contribution in [3.8, 4) is 0 Å². The van der Waals surface area contributed by atoms with E-state index in [2.05, 4.69) is 30.3 Å². The van der Waals surface area contributed by atoms with Crippen molar-refractivity contribution < 1.29 is 4.21 Å². The summed E-state index contributed by atoms with van der Waals surface area (Å²) in [7, 11) is -0.925. The Kier molecular flexibility index (Phi) is 4.88. The van der Waals surface area contributed by atoms with E-state index in [4.69, 9.17) is 5.73 Å². The summed E-state index contributed by atoms with van der Waals surface area (Å²) in [5, 5.41) is 2.19. The fourth-order valence-electron chi connectivity index (χ4n) is 3.28. The molecule has 0 radical (unpaired) electrons. The van der Waals surface area contributed by atoms with E-state index >= 15 is 0 Å². The summed E-state index contributed by atoms with van der Waals surface area (Å²) >= 11 is 1.59. The standard InChI is InChI=1S/C17H21NOS2/c18-12-15-9-8-14(13-5-2-1-3-6-13)11-16(15)21(19)17-7-4-10-20-17/h1-7,10,14-16H,8-9,11-12,18H2. The van der Waals surface area contributed by atoms with Gasteiger partial charge in [0.05, 0.1) is 15.0 Å². The lowest BCUT2D eigenvalue weighted by molar-refractivity contribution is 0.339. The molecule has 1 aromatic heterocycles. The van der Waals surface area contributed by atoms with Crippen molar-refractivity contribution in [1.82, 2.24) is 0 Å². The van der Waals surface area contributed by atoms with Gasteiger partial charge in [0.15, 0.2) is 0 Å². The molecule has 0 spiro atoms. The molecule has 4 atom stereocenters. The van der Waals surface area contributed by atoms with E-state index in [0.29, 0.717) is 18.4 Å². The highest BCUT2D eigenvalue weighted by Gasteiger charge is 2.35. The summed E-state index contributed by atoms with van der Waals surface area (Å²) in [6, 6.07) is 14.6. The summed E-state index contributed by atoms with van der Waals surface area (Å²) in [5.41, 5.74) is 7.31. The molecule has 2 nitrogen and oxygen atoms in total. The molecule has 2 aromatic rings. The van der Waals surface area contributed by atoms with Gasteiger partial charge in [-0.05, 0) is 54.7 Å². The van der Waals surface area contributed by atoms with Crippen molar-refractivity contribution in [3.05, 3.63) is 53.4 Å². The topological polar surface area (TPSA) is 43.1 Å². The van der Waals surface area contributed by atoms with Gasteiger partial charge in [-0.2, -0.15) is 0 Å². The highest BCUT2D eigenvalue weighted by atomic mass is 32.2. The molecule has 2 N–H and O–H groups in total. The smallest absolute Gasteiger partial charge is 0.0913 e. The second-order valence-corrected chi connectivity index (χ2v) is 8.53. The molecule has 4 unspecified atom stereocenters. The Bertz CT molecular complexity index is 582. The second kappa shape index (κ2) is 6.86. The number of hydrogen-bond donors (Lipinski definition) is 1. The molecular weight excluding hydrogens is 298 g/mol. The van der Waals surface area contributed by atoms with Crippen LogP contribution in [-0.4, -0.2) is 16.0 Å². The number of thiophene rings is 1. The third-order valence-electron chi connectivity index (χ3n) is 4.47. The average Bonchev–Trinajstić information content (AvgIpc) is 3.09. The highest BCUT2D eigenvalue weighted by Crippen LogP contribution is 2.39. The van der Waals surface area contributed by atoms with Gasteiger partial charge in [-0.3, -0.25) is 4.21 Å². The number of benzene rings is 1. The van der Waals surface area contributed by atoms with Crippen LogP contribution in [-0.2, 0) is 10.8 Å². The third-order valence-corrected chi connectivity index (χ3v) is 7.57. The number of rotatable bonds is 4. The quantitative estimate of drug-likeness (QED) is 0.932. The van der Waals surface area contributed by atoms with Crippen molar-refractivity contribution >= 4 is 22.1 Å². The minimum Gasteiger partial charge on any atom is -0.330 e. The molecule has 4 heteroatoms. The largest absolute Gasteiger partial charge is 0.330 e. The highest BCUT2D eigenvalue weighted by molar-refractivity contribution is 7.87. The SMILES string of the molecule is NCC1CCC(c2ccccc2)CC1S(=O)c1cccs1. The van der Waals surface area contributed by atoms with Crippen molar-refractivity contribution in [2.75, 3.05) is 6.54 Å². The van der Waals surface area contributed by atoms with Crippen LogP contribution in [0.5, 0.6) is 0 Å². The first-order chi connectivity index (χ1) is 10.3. The zero-order valence-electron chi connectivity index (χ0n) is 12.0. The summed E-state index contributed by atoms with van der Waals surface area (Å²) in [4.78, 5) is 0. The van der Waals surface area contributed by atoms with Crippen LogP contribution in [0.2, 0.25) is 0 Å². The summed E-state index contributed by atoms with van der Waals surface area (Å²) < 4.78 is 13.9. The fraction of sp³-hybridized carbons (Fsp3) is 0.412. The van der Waals surface area contributed by atoms with E-state index < -0.39 is 10.8 Å². The summed E-state index contributed by atoms with van der Waals surface area (Å²) in [6.07, 6.45) is 3.22. The van der Waals surface area contributed by atoms with Gasteiger partial charge in [0.25, 0.3) is 0 Å². The van der Waals surface area contributed by atoms with Crippen molar-refractivity contribution in [3.63, 3.8) is 0 Å². The number of nitrogens with two attached hydrogens (primary N) is 1. The summed E-state index contributed by atoms with van der Waals surface area (Å²) in [6.45, 7) is 0.642. The van der Waals surface area contributed by atoms with Gasteiger partial charge in [-0.1, -0.05) is 36.4 Å². The lowest BCUT2D eigenvalue weighted by Crippen LogP contribution is -2.36. The average molecular weight is 319 g/mol. The normalized spacial score (nSPS) is 27.4. The first-order valence-electron chi connectivity index (χ1n) is 7.48. The monoisotopic (exact) mass is 319 g/mol. The molecule has 0 saturated heterocycles. The first-order valence-corrected chi connectivity index (χ1v) is 9.58.